The third-order valence-corrected chi connectivity index (χ3v) is 2.74. The molecule has 0 bridgehead atoms. The Balaban J connectivity index is 4.22. The first kappa shape index (κ1) is 15.1. The molecule has 0 saturated carbocycles. The Bertz CT molecular complexity index is 231. The van der Waals surface area contributed by atoms with Crippen LogP contribution < -0.4 is 5.32 Å². The molecule has 0 aromatic rings. The van der Waals surface area contributed by atoms with Crippen molar-refractivity contribution in [2.24, 2.45) is 0 Å². The molecular weight excluding hydrogens is 208 g/mol. The lowest BCUT2D eigenvalue weighted by Gasteiger charge is -2.32. The molecule has 1 unspecified atom stereocenters. The van der Waals surface area contributed by atoms with Crippen molar-refractivity contribution in [2.75, 3.05) is 27.2 Å². The third-order valence-electron chi connectivity index (χ3n) is 2.74. The lowest BCUT2D eigenvalue weighted by Crippen LogP contribution is -2.49. The van der Waals surface area contributed by atoms with E-state index in [4.69, 9.17) is 0 Å². The molecule has 0 heterocycles. The lowest BCUT2D eigenvalue weighted by atomic mass is 9.94. The van der Waals surface area contributed by atoms with Gasteiger partial charge in [-0.25, -0.2) is 0 Å². The van der Waals surface area contributed by atoms with E-state index in [9.17, 15) is 14.7 Å². The molecule has 5 nitrogen and oxygen atoms in total. The van der Waals surface area contributed by atoms with Crippen LogP contribution in [-0.2, 0) is 9.59 Å². The average Bonchev–Trinajstić information content (AvgIpc) is 2.28. The molecule has 0 fully saturated rings. The van der Waals surface area contributed by atoms with Gasteiger partial charge in [0.2, 0.25) is 5.91 Å². The second kappa shape index (κ2) is 7.35. The third kappa shape index (κ3) is 4.28. The zero-order valence-corrected chi connectivity index (χ0v) is 10.3. The normalized spacial score (nSPS) is 14.6. The van der Waals surface area contributed by atoms with Crippen LogP contribution in [0, 0.1) is 0 Å². The van der Waals surface area contributed by atoms with Crippen molar-refractivity contribution in [3.63, 3.8) is 0 Å². The summed E-state index contributed by atoms with van der Waals surface area (Å²) in [5.41, 5.74) is -0.941. The molecule has 0 aromatic carbocycles. The van der Waals surface area contributed by atoms with E-state index >= 15 is 0 Å². The number of hydrogen-bond donors (Lipinski definition) is 2. The number of aliphatic hydroxyl groups excluding tert-OH is 1. The minimum absolute atomic E-state index is 0.0802. The maximum atomic E-state index is 11.4. The van der Waals surface area contributed by atoms with Crippen LogP contribution in [0.3, 0.4) is 0 Å². The van der Waals surface area contributed by atoms with Crippen LogP contribution in [0.2, 0.25) is 0 Å². The van der Waals surface area contributed by atoms with Crippen LogP contribution in [0.4, 0.5) is 0 Å². The summed E-state index contributed by atoms with van der Waals surface area (Å²) >= 11 is 0. The highest BCUT2D eigenvalue weighted by Crippen LogP contribution is 2.15. The minimum Gasteiger partial charge on any atom is -0.394 e. The van der Waals surface area contributed by atoms with Crippen molar-refractivity contribution in [2.45, 2.75) is 31.7 Å². The Kier molecular flexibility index (Phi) is 6.92. The monoisotopic (exact) mass is 230 g/mol. The average molecular weight is 230 g/mol. The molecule has 0 spiro atoms. The van der Waals surface area contributed by atoms with Gasteiger partial charge in [0.05, 0.1) is 6.61 Å². The van der Waals surface area contributed by atoms with E-state index in [-0.39, 0.29) is 18.9 Å². The molecule has 0 rings (SSSR count). The zero-order valence-electron chi connectivity index (χ0n) is 10.3. The Hall–Kier alpha value is -0.940. The van der Waals surface area contributed by atoms with Crippen molar-refractivity contribution >= 4 is 12.2 Å². The van der Waals surface area contributed by atoms with Gasteiger partial charge >= 0.3 is 0 Å². The zero-order chi connectivity index (χ0) is 12.6. The van der Waals surface area contributed by atoms with Crippen LogP contribution in [0.25, 0.3) is 0 Å². The molecule has 1 atom stereocenters. The summed E-state index contributed by atoms with van der Waals surface area (Å²) in [4.78, 5) is 24.0. The van der Waals surface area contributed by atoms with Crippen molar-refractivity contribution in [3.8, 4) is 0 Å². The fourth-order valence-corrected chi connectivity index (χ4v) is 1.33. The van der Waals surface area contributed by atoms with Crippen LogP contribution in [0.5, 0.6) is 0 Å². The first-order valence-corrected chi connectivity index (χ1v) is 5.53. The molecular formula is C11H22N2O3. The number of aldehydes is 1. The van der Waals surface area contributed by atoms with Gasteiger partial charge in [0.25, 0.3) is 0 Å². The molecule has 0 aliphatic heterocycles. The maximum Gasteiger partial charge on any atom is 0.220 e. The SMILES string of the molecule is CCCNC(=O)CCC(C=O)(CO)N(C)C. The molecule has 16 heavy (non-hydrogen) atoms. The predicted octanol–water partition coefficient (Wildman–Crippen LogP) is -0.216. The summed E-state index contributed by atoms with van der Waals surface area (Å²) in [6.07, 6.45) is 2.17. The topological polar surface area (TPSA) is 69.6 Å². The Labute approximate surface area is 96.8 Å². The van der Waals surface area contributed by atoms with E-state index in [1.807, 2.05) is 6.92 Å². The Morgan fingerprint density at radius 1 is 1.50 bits per heavy atom. The Morgan fingerprint density at radius 2 is 2.12 bits per heavy atom. The van der Waals surface area contributed by atoms with Gasteiger partial charge in [-0.2, -0.15) is 0 Å². The van der Waals surface area contributed by atoms with Gasteiger partial charge in [-0.1, -0.05) is 6.92 Å². The van der Waals surface area contributed by atoms with E-state index in [2.05, 4.69) is 5.32 Å². The van der Waals surface area contributed by atoms with Crippen LogP contribution in [-0.4, -0.2) is 55.0 Å². The molecule has 2 N–H and O–H groups in total. The van der Waals surface area contributed by atoms with Gasteiger partial charge < -0.3 is 15.2 Å². The van der Waals surface area contributed by atoms with E-state index in [1.54, 1.807) is 19.0 Å². The van der Waals surface area contributed by atoms with Crippen LogP contribution >= 0.6 is 0 Å². The van der Waals surface area contributed by atoms with Crippen molar-refractivity contribution in [1.29, 1.82) is 0 Å². The number of nitrogens with one attached hydrogen (secondary N) is 1. The van der Waals surface area contributed by atoms with Crippen molar-refractivity contribution in [1.82, 2.24) is 10.2 Å². The highest BCUT2D eigenvalue weighted by atomic mass is 16.3. The fourth-order valence-electron chi connectivity index (χ4n) is 1.33. The fraction of sp³-hybridized carbons (Fsp3) is 0.818. The summed E-state index contributed by atoms with van der Waals surface area (Å²) < 4.78 is 0. The molecule has 0 radical (unpaired) electrons. The number of nitrogens with zero attached hydrogens (tertiary/aromatic N) is 1. The highest BCUT2D eigenvalue weighted by Gasteiger charge is 2.31. The van der Waals surface area contributed by atoms with Crippen molar-refractivity contribution in [3.05, 3.63) is 0 Å². The first-order valence-electron chi connectivity index (χ1n) is 5.53. The number of rotatable bonds is 8. The molecule has 0 aromatic heterocycles. The quantitative estimate of drug-likeness (QED) is 0.566. The predicted molar refractivity (Wildman–Crippen MR) is 62.1 cm³/mol. The Morgan fingerprint density at radius 3 is 2.50 bits per heavy atom. The molecule has 94 valence electrons. The number of aliphatic hydroxyl groups is 1. The van der Waals surface area contributed by atoms with Gasteiger partial charge in [-0.3, -0.25) is 9.69 Å². The van der Waals surface area contributed by atoms with Gasteiger partial charge in [0, 0.05) is 13.0 Å². The smallest absolute Gasteiger partial charge is 0.220 e. The number of carbonyl (C=O) groups excluding carboxylic acids is 2. The van der Waals surface area contributed by atoms with Crippen molar-refractivity contribution < 1.29 is 14.7 Å². The van der Waals surface area contributed by atoms with Crippen LogP contribution in [0.1, 0.15) is 26.2 Å². The number of amides is 1. The summed E-state index contributed by atoms with van der Waals surface area (Å²) in [7, 11) is 3.43. The molecule has 0 aliphatic carbocycles. The molecule has 0 aliphatic rings. The highest BCUT2D eigenvalue weighted by molar-refractivity contribution is 5.77. The molecule has 0 saturated heterocycles. The second-order valence-electron chi connectivity index (χ2n) is 4.12. The lowest BCUT2D eigenvalue weighted by molar-refractivity contribution is -0.124. The van der Waals surface area contributed by atoms with E-state index in [1.165, 1.54) is 0 Å². The summed E-state index contributed by atoms with van der Waals surface area (Å²) in [6.45, 7) is 2.35. The van der Waals surface area contributed by atoms with Gasteiger partial charge in [0.1, 0.15) is 11.8 Å². The van der Waals surface area contributed by atoms with Gasteiger partial charge in [0.15, 0.2) is 0 Å². The molecule has 5 heteroatoms. The number of likely N-dealkylation sites (N-methyl/N-ethyl adjacent to an activating group) is 1. The van der Waals surface area contributed by atoms with Gasteiger partial charge in [-0.15, -0.1) is 0 Å². The number of hydrogen-bond acceptors (Lipinski definition) is 4. The standard InChI is InChI=1S/C11H22N2O3/c1-4-7-12-10(16)5-6-11(8-14,9-15)13(2)3/h8,15H,4-7,9H2,1-3H3,(H,12,16). The maximum absolute atomic E-state index is 11.4. The van der Waals surface area contributed by atoms with E-state index in [0.717, 1.165) is 6.42 Å². The number of carbonyl (C=O) groups is 2. The summed E-state index contributed by atoms with van der Waals surface area (Å²) in [5, 5.41) is 12.0. The summed E-state index contributed by atoms with van der Waals surface area (Å²) in [6, 6.07) is 0. The first-order chi connectivity index (χ1) is 7.52. The van der Waals surface area contributed by atoms with Crippen LogP contribution in [0.15, 0.2) is 0 Å². The largest absolute Gasteiger partial charge is 0.394 e. The second-order valence-corrected chi connectivity index (χ2v) is 4.12. The van der Waals surface area contributed by atoms with E-state index in [0.29, 0.717) is 19.3 Å². The van der Waals surface area contributed by atoms with Gasteiger partial charge in [-0.05, 0) is 26.9 Å². The van der Waals surface area contributed by atoms with E-state index < -0.39 is 5.54 Å². The summed E-state index contributed by atoms with van der Waals surface area (Å²) in [5.74, 6) is -0.0802. The molecule has 1 amide bonds. The minimum atomic E-state index is -0.941.